The Labute approximate surface area is 424 Å². The Morgan fingerprint density at radius 3 is 2.26 bits per heavy atom. The number of rotatable bonds is 21. The predicted molar refractivity (Wildman–Crippen MR) is 270 cm³/mol. The molecule has 1 aliphatic carbocycles. The summed E-state index contributed by atoms with van der Waals surface area (Å²) in [5.41, 5.74) is 6.34. The summed E-state index contributed by atoms with van der Waals surface area (Å²) in [6.07, 6.45) is 4.37. The van der Waals surface area contributed by atoms with Crippen molar-refractivity contribution in [2.45, 2.75) is 136 Å². The number of unbranched alkanes of at least 4 members (excludes halogenated alkanes) is 3. The van der Waals surface area contributed by atoms with Crippen LogP contribution in [0.1, 0.15) is 123 Å². The van der Waals surface area contributed by atoms with Crippen molar-refractivity contribution in [2.75, 3.05) is 20.2 Å². The fourth-order valence-electron chi connectivity index (χ4n) is 9.14. The van der Waals surface area contributed by atoms with Gasteiger partial charge in [-0.15, -0.1) is 11.3 Å². The molecule has 72 heavy (non-hydrogen) atoms. The number of carbonyl (C=O) groups excluding carboxylic acids is 5. The minimum absolute atomic E-state index is 0.000672. The molecule has 0 unspecified atom stereocenters. The van der Waals surface area contributed by atoms with E-state index in [1.165, 1.54) is 18.2 Å². The molecule has 6 rings (SSSR count). The van der Waals surface area contributed by atoms with E-state index < -0.39 is 47.5 Å². The van der Waals surface area contributed by atoms with Crippen molar-refractivity contribution >= 4 is 46.9 Å². The van der Waals surface area contributed by atoms with Crippen LogP contribution in [-0.4, -0.2) is 94.1 Å². The van der Waals surface area contributed by atoms with Gasteiger partial charge in [-0.05, 0) is 85.1 Å². The molecule has 2 aliphatic rings. The van der Waals surface area contributed by atoms with E-state index in [4.69, 9.17) is 4.74 Å². The number of methoxy groups -OCH3 is 1. The molecule has 0 spiro atoms. The Bertz CT molecular complexity index is 2520. The number of amides is 5. The molecule has 2 aromatic heterocycles. The zero-order valence-corrected chi connectivity index (χ0v) is 42.6. The van der Waals surface area contributed by atoms with Gasteiger partial charge >= 0.3 is 6.18 Å². The van der Waals surface area contributed by atoms with Crippen molar-refractivity contribution in [3.63, 3.8) is 0 Å². The van der Waals surface area contributed by atoms with Crippen LogP contribution in [0.2, 0.25) is 0 Å². The number of aromatic nitrogens is 2. The summed E-state index contributed by atoms with van der Waals surface area (Å²) in [6.45, 7) is 8.40. The summed E-state index contributed by atoms with van der Waals surface area (Å²) in [7, 11) is 1.48. The molecule has 0 bridgehead atoms. The lowest BCUT2D eigenvalue weighted by atomic mass is 9.81. The van der Waals surface area contributed by atoms with Gasteiger partial charge in [-0.25, -0.2) is 9.97 Å². The number of hydrogen-bond donors (Lipinski definition) is 5. The van der Waals surface area contributed by atoms with Gasteiger partial charge in [0.25, 0.3) is 5.91 Å². The van der Waals surface area contributed by atoms with Gasteiger partial charge in [0.05, 0.1) is 47.8 Å². The SMILES string of the molecule is COc1cnc(C(=O)NCc2cccc(CC(=O)NCCCCCCC(=O)N[C@H](C(=O)N3C[C@H](O)C[C@H]3C(=O)NCc3ccc(-c4scnc4C)cc3)C(C)(C)C)c2)cc1/C=C/C1CCC(C(F)(F)F)CC1. The third-order valence-corrected chi connectivity index (χ3v) is 14.3. The number of benzene rings is 2. The van der Waals surface area contributed by atoms with Crippen molar-refractivity contribution in [3.05, 3.63) is 106 Å². The van der Waals surface area contributed by atoms with Gasteiger partial charge in [0, 0.05) is 44.6 Å². The molecule has 14 nitrogen and oxygen atoms in total. The Balaban J connectivity index is 0.876. The van der Waals surface area contributed by atoms with Gasteiger partial charge in [0.2, 0.25) is 23.6 Å². The van der Waals surface area contributed by atoms with Crippen LogP contribution in [0.5, 0.6) is 5.75 Å². The van der Waals surface area contributed by atoms with Crippen molar-refractivity contribution in [3.8, 4) is 16.2 Å². The third-order valence-electron chi connectivity index (χ3n) is 13.3. The molecule has 5 amide bonds. The number of allylic oxidation sites excluding steroid dienone is 1. The average molecular weight is 1020 g/mol. The molecule has 1 saturated carbocycles. The maximum atomic E-state index is 14.0. The number of nitrogens with zero attached hydrogens (tertiary/aromatic N) is 3. The number of aryl methyl sites for hydroxylation is 1. The highest BCUT2D eigenvalue weighted by atomic mass is 32.1. The zero-order valence-electron chi connectivity index (χ0n) is 41.8. The fraction of sp³-hybridized carbons (Fsp3) is 0.500. The van der Waals surface area contributed by atoms with E-state index in [1.54, 1.807) is 29.0 Å². The number of alkyl halides is 3. The summed E-state index contributed by atoms with van der Waals surface area (Å²) in [5.74, 6) is -2.45. The van der Waals surface area contributed by atoms with E-state index in [0.29, 0.717) is 43.5 Å². The summed E-state index contributed by atoms with van der Waals surface area (Å²) in [5, 5.41) is 22.2. The number of ether oxygens (including phenoxy) is 1. The van der Waals surface area contributed by atoms with Crippen LogP contribution in [0.3, 0.4) is 0 Å². The molecule has 4 aromatic rings. The highest BCUT2D eigenvalue weighted by Gasteiger charge is 2.45. The molecule has 1 saturated heterocycles. The Kier molecular flexibility index (Phi) is 19.5. The molecule has 18 heteroatoms. The highest BCUT2D eigenvalue weighted by molar-refractivity contribution is 7.13. The summed E-state index contributed by atoms with van der Waals surface area (Å²) < 4.78 is 44.8. The quantitative estimate of drug-likeness (QED) is 0.0512. The van der Waals surface area contributed by atoms with E-state index in [0.717, 1.165) is 45.7 Å². The van der Waals surface area contributed by atoms with E-state index in [-0.39, 0.29) is 81.1 Å². The zero-order chi connectivity index (χ0) is 52.0. The van der Waals surface area contributed by atoms with Crippen LogP contribution in [0, 0.1) is 24.2 Å². The lowest BCUT2D eigenvalue weighted by Crippen LogP contribution is -2.57. The second-order valence-corrected chi connectivity index (χ2v) is 20.8. The molecule has 0 radical (unpaired) electrons. The van der Waals surface area contributed by atoms with Gasteiger partial charge in [-0.2, -0.15) is 13.2 Å². The minimum atomic E-state index is -4.17. The number of β-amino-alcohol motifs (C(OH)–C–C–N with tert-alkyl or cyclic N) is 1. The molecule has 2 fully saturated rings. The smallest absolute Gasteiger partial charge is 0.391 e. The van der Waals surface area contributed by atoms with E-state index in [1.807, 2.05) is 82.3 Å². The Morgan fingerprint density at radius 1 is 0.875 bits per heavy atom. The van der Waals surface area contributed by atoms with Crippen LogP contribution in [0.15, 0.2) is 72.4 Å². The maximum Gasteiger partial charge on any atom is 0.391 e. The highest BCUT2D eigenvalue weighted by Crippen LogP contribution is 2.40. The second-order valence-electron chi connectivity index (χ2n) is 20.0. The van der Waals surface area contributed by atoms with Crippen molar-refractivity contribution < 1.29 is 47.0 Å². The average Bonchev–Trinajstić information content (AvgIpc) is 3.97. The molecule has 1 aliphatic heterocycles. The summed E-state index contributed by atoms with van der Waals surface area (Å²) >= 11 is 1.57. The first-order valence-corrected chi connectivity index (χ1v) is 25.6. The van der Waals surface area contributed by atoms with E-state index in [9.17, 15) is 42.3 Å². The van der Waals surface area contributed by atoms with Gasteiger partial charge in [0.15, 0.2) is 0 Å². The lowest BCUT2D eigenvalue weighted by molar-refractivity contribution is -0.183. The van der Waals surface area contributed by atoms with Crippen LogP contribution in [-0.2, 0) is 38.7 Å². The number of aliphatic hydroxyl groups is 1. The van der Waals surface area contributed by atoms with Crippen molar-refractivity contribution in [2.24, 2.45) is 17.3 Å². The van der Waals surface area contributed by atoms with Gasteiger partial charge in [-0.3, -0.25) is 24.0 Å². The van der Waals surface area contributed by atoms with E-state index in [2.05, 4.69) is 31.2 Å². The van der Waals surface area contributed by atoms with Crippen LogP contribution in [0.4, 0.5) is 13.2 Å². The maximum absolute atomic E-state index is 14.0. The fourth-order valence-corrected chi connectivity index (χ4v) is 9.95. The first kappa shape index (κ1) is 55.2. The monoisotopic (exact) mass is 1020 g/mol. The van der Waals surface area contributed by atoms with Crippen LogP contribution in [0.25, 0.3) is 16.5 Å². The molecule has 3 atom stereocenters. The van der Waals surface area contributed by atoms with Crippen LogP contribution >= 0.6 is 11.3 Å². The van der Waals surface area contributed by atoms with E-state index >= 15 is 0 Å². The van der Waals surface area contributed by atoms with Gasteiger partial charge < -0.3 is 36.0 Å². The number of pyridine rings is 1. The standard InChI is InChI=1S/C54H68F3N7O7S/c1-34-48(72-33-62-34)39-19-15-36(16-20-39)29-61-51(69)44-28-42(65)32-64(44)52(70)49(53(2,3)4)63-46(66)13-8-6-7-9-24-58-47(67)26-37-11-10-12-38(25-37)30-60-50(68)43-27-40(45(71-5)31-59-43)21-14-35-17-22-41(23-18-35)54(55,56)57/h10-12,14-16,19-21,25,27,31,33,35,41-42,44,49,65H,6-9,13,17-18,22-24,26,28-30,32H2,1-5H3,(H,58,67)(H,60,68)(H,61,69)(H,63,66)/b21-14+/t35?,41?,42-,44+,49-/m1/s1. The molecule has 2 aromatic carbocycles. The number of hydrogen-bond acceptors (Lipinski definition) is 10. The second kappa shape index (κ2) is 25.5. The number of thiazole rings is 1. The van der Waals surface area contributed by atoms with Crippen molar-refractivity contribution in [1.82, 2.24) is 36.1 Å². The molecular formula is C54H68F3N7O7S. The minimum Gasteiger partial charge on any atom is -0.495 e. The number of aliphatic hydroxyl groups excluding tert-OH is 1. The molecule has 3 heterocycles. The molecule has 388 valence electrons. The first-order valence-electron chi connectivity index (χ1n) is 24.8. The largest absolute Gasteiger partial charge is 0.495 e. The third kappa shape index (κ3) is 15.9. The number of halogens is 3. The van der Waals surface area contributed by atoms with Gasteiger partial charge in [0.1, 0.15) is 23.5 Å². The first-order chi connectivity index (χ1) is 34.3. The number of carbonyl (C=O) groups is 5. The Morgan fingerprint density at radius 2 is 1.58 bits per heavy atom. The normalized spacial score (nSPS) is 18.7. The Hall–Kier alpha value is -6.14. The summed E-state index contributed by atoms with van der Waals surface area (Å²) in [6, 6.07) is 15.0. The number of likely N-dealkylation sites (tertiary alicyclic amines) is 1. The number of nitrogens with one attached hydrogen (secondary N) is 4. The predicted octanol–water partition coefficient (Wildman–Crippen LogP) is 8.25. The lowest BCUT2D eigenvalue weighted by Gasteiger charge is -2.35. The summed E-state index contributed by atoms with van der Waals surface area (Å²) in [4.78, 5) is 77.6. The van der Waals surface area contributed by atoms with Crippen LogP contribution < -0.4 is 26.0 Å². The van der Waals surface area contributed by atoms with Crippen molar-refractivity contribution in [1.29, 1.82) is 0 Å². The topological polar surface area (TPSA) is 192 Å². The van der Waals surface area contributed by atoms with Gasteiger partial charge in [-0.1, -0.05) is 94.3 Å². The molecule has 5 N–H and O–H groups in total. The molecular weight excluding hydrogens is 948 g/mol.